The van der Waals surface area contributed by atoms with Gasteiger partial charge < -0.3 is 9.88 Å². The Morgan fingerprint density at radius 2 is 1.82 bits per heavy atom. The lowest BCUT2D eigenvalue weighted by Crippen LogP contribution is -2.15. The van der Waals surface area contributed by atoms with Crippen molar-refractivity contribution < 1.29 is 18.0 Å². The summed E-state index contributed by atoms with van der Waals surface area (Å²) in [4.78, 5) is 12.5. The Kier molecular flexibility index (Phi) is 6.78. The number of nitrogens with zero attached hydrogens (tertiary/aromatic N) is 4. The van der Waals surface area contributed by atoms with Gasteiger partial charge in [-0.05, 0) is 49.4 Å². The van der Waals surface area contributed by atoms with Gasteiger partial charge in [0.05, 0.1) is 11.3 Å². The van der Waals surface area contributed by atoms with Crippen LogP contribution in [0.25, 0.3) is 5.69 Å². The van der Waals surface area contributed by atoms with E-state index in [1.807, 2.05) is 65.7 Å². The van der Waals surface area contributed by atoms with Gasteiger partial charge in [0, 0.05) is 36.7 Å². The van der Waals surface area contributed by atoms with Gasteiger partial charge in [0.2, 0.25) is 5.91 Å². The highest BCUT2D eigenvalue weighted by Crippen LogP contribution is 2.31. The lowest BCUT2D eigenvalue weighted by molar-refractivity contribution is -0.137. The summed E-state index contributed by atoms with van der Waals surface area (Å²) in [5.74, 6) is 0.239. The number of thioether (sulfide) groups is 1. The molecular weight excluding hydrogens is 463 g/mol. The van der Waals surface area contributed by atoms with E-state index >= 15 is 0 Å². The molecule has 34 heavy (non-hydrogen) atoms. The summed E-state index contributed by atoms with van der Waals surface area (Å²) in [5, 5.41) is 11.7. The van der Waals surface area contributed by atoms with Gasteiger partial charge in [0.15, 0.2) is 5.16 Å². The number of carbonyl (C=O) groups is 1. The molecule has 2 aromatic heterocycles. The van der Waals surface area contributed by atoms with Crippen LogP contribution in [0.15, 0.2) is 72.0 Å². The molecule has 0 aliphatic heterocycles. The zero-order valence-corrected chi connectivity index (χ0v) is 19.3. The summed E-state index contributed by atoms with van der Waals surface area (Å²) in [6.07, 6.45) is -1.98. The van der Waals surface area contributed by atoms with Crippen molar-refractivity contribution in [1.82, 2.24) is 19.3 Å². The van der Waals surface area contributed by atoms with E-state index in [4.69, 9.17) is 0 Å². The normalized spacial score (nSPS) is 11.6. The number of aromatic nitrogens is 4. The molecule has 0 spiro atoms. The molecule has 0 aliphatic rings. The molecule has 6 nitrogen and oxygen atoms in total. The zero-order valence-electron chi connectivity index (χ0n) is 18.5. The summed E-state index contributed by atoms with van der Waals surface area (Å²) < 4.78 is 42.7. The minimum absolute atomic E-state index is 0.0373. The summed E-state index contributed by atoms with van der Waals surface area (Å²) in [7, 11) is 1.95. The Morgan fingerprint density at radius 1 is 1.06 bits per heavy atom. The second-order valence-electron chi connectivity index (χ2n) is 7.77. The van der Waals surface area contributed by atoms with Gasteiger partial charge in [-0.2, -0.15) is 13.2 Å². The molecule has 0 bridgehead atoms. The largest absolute Gasteiger partial charge is 0.416 e. The molecule has 0 aliphatic carbocycles. The van der Waals surface area contributed by atoms with Crippen molar-refractivity contribution in [3.63, 3.8) is 0 Å². The first-order valence-electron chi connectivity index (χ1n) is 10.4. The molecule has 4 rings (SSSR count). The summed E-state index contributed by atoms with van der Waals surface area (Å²) in [6.45, 7) is 1.99. The molecule has 10 heteroatoms. The fraction of sp³-hybridized carbons (Fsp3) is 0.208. The number of nitrogens with one attached hydrogen (secondary N) is 1. The molecule has 0 fully saturated rings. The van der Waals surface area contributed by atoms with E-state index in [9.17, 15) is 18.0 Å². The van der Waals surface area contributed by atoms with Gasteiger partial charge in [-0.3, -0.25) is 9.36 Å². The lowest BCUT2D eigenvalue weighted by Gasteiger charge is -2.12. The average Bonchev–Trinajstić information content (AvgIpc) is 3.38. The van der Waals surface area contributed by atoms with Crippen LogP contribution in [0.5, 0.6) is 0 Å². The Hall–Kier alpha value is -3.53. The molecule has 0 saturated heterocycles. The molecule has 176 valence electrons. The first-order valence-corrected chi connectivity index (χ1v) is 11.4. The van der Waals surface area contributed by atoms with Gasteiger partial charge in [-0.25, -0.2) is 0 Å². The number of hydrogen-bond donors (Lipinski definition) is 1. The van der Waals surface area contributed by atoms with E-state index in [-0.39, 0.29) is 11.4 Å². The monoisotopic (exact) mass is 485 g/mol. The zero-order chi connectivity index (χ0) is 24.3. The fourth-order valence-electron chi connectivity index (χ4n) is 3.40. The SMILES string of the molecule is Cc1ccc(-n2c(Cc3cccn3C)nnc2SCC(=O)Nc2cccc(C(F)(F)F)c2)cc1. The number of amides is 1. The van der Waals surface area contributed by atoms with Crippen LogP contribution in [-0.4, -0.2) is 31.0 Å². The van der Waals surface area contributed by atoms with E-state index in [1.165, 1.54) is 23.9 Å². The Morgan fingerprint density at radius 3 is 2.50 bits per heavy atom. The topological polar surface area (TPSA) is 64.7 Å². The summed E-state index contributed by atoms with van der Waals surface area (Å²) in [5.41, 5.74) is 2.29. The number of benzene rings is 2. The number of anilines is 1. The standard InChI is InChI=1S/C24H22F3N5OS/c1-16-8-10-19(11-9-16)32-21(14-20-7-4-12-31(20)2)29-30-23(32)34-15-22(33)28-18-6-3-5-17(13-18)24(25,26)27/h3-13H,14-15H2,1-2H3,(H,28,33). The minimum atomic E-state index is -4.48. The molecule has 1 amide bonds. The maximum atomic E-state index is 12.9. The number of halogens is 3. The van der Waals surface area contributed by atoms with E-state index in [2.05, 4.69) is 15.5 Å². The number of rotatable bonds is 7. The van der Waals surface area contributed by atoms with Gasteiger partial charge in [-0.1, -0.05) is 35.5 Å². The number of aryl methyl sites for hydroxylation is 2. The third-order valence-corrected chi connectivity index (χ3v) is 6.12. The Balaban J connectivity index is 1.53. The molecule has 0 radical (unpaired) electrons. The first-order chi connectivity index (χ1) is 16.2. The van der Waals surface area contributed by atoms with Crippen LogP contribution in [0.1, 0.15) is 22.6 Å². The van der Waals surface area contributed by atoms with Crippen molar-refractivity contribution >= 4 is 23.4 Å². The van der Waals surface area contributed by atoms with Gasteiger partial charge in [0.25, 0.3) is 0 Å². The first kappa shape index (κ1) is 23.6. The molecule has 4 aromatic rings. The van der Waals surface area contributed by atoms with Crippen LogP contribution in [0.4, 0.5) is 18.9 Å². The third kappa shape index (κ3) is 5.51. The number of alkyl halides is 3. The highest BCUT2D eigenvalue weighted by Gasteiger charge is 2.30. The predicted octanol–water partition coefficient (Wildman–Crippen LogP) is 5.25. The quantitative estimate of drug-likeness (QED) is 0.363. The minimum Gasteiger partial charge on any atom is -0.354 e. The van der Waals surface area contributed by atoms with E-state index in [0.717, 1.165) is 29.1 Å². The van der Waals surface area contributed by atoms with E-state index in [0.29, 0.717) is 17.4 Å². The van der Waals surface area contributed by atoms with Crippen LogP contribution < -0.4 is 5.32 Å². The van der Waals surface area contributed by atoms with Crippen molar-refractivity contribution in [2.45, 2.75) is 24.7 Å². The Bertz CT molecular complexity index is 1290. The van der Waals surface area contributed by atoms with Crippen molar-refractivity contribution in [3.8, 4) is 5.69 Å². The van der Waals surface area contributed by atoms with Crippen molar-refractivity contribution in [2.24, 2.45) is 7.05 Å². The van der Waals surface area contributed by atoms with Crippen LogP contribution in [0.3, 0.4) is 0 Å². The van der Waals surface area contributed by atoms with Crippen LogP contribution >= 0.6 is 11.8 Å². The van der Waals surface area contributed by atoms with Crippen LogP contribution in [-0.2, 0) is 24.4 Å². The maximum absolute atomic E-state index is 12.9. The van der Waals surface area contributed by atoms with Crippen molar-refractivity contribution in [1.29, 1.82) is 0 Å². The smallest absolute Gasteiger partial charge is 0.354 e. The van der Waals surface area contributed by atoms with Crippen molar-refractivity contribution in [3.05, 3.63) is 89.5 Å². The summed E-state index contributed by atoms with van der Waals surface area (Å²) >= 11 is 1.17. The molecule has 1 N–H and O–H groups in total. The lowest BCUT2D eigenvalue weighted by atomic mass is 10.2. The molecule has 0 saturated carbocycles. The third-order valence-electron chi connectivity index (χ3n) is 5.19. The van der Waals surface area contributed by atoms with E-state index in [1.54, 1.807) is 0 Å². The van der Waals surface area contributed by atoms with Crippen LogP contribution in [0, 0.1) is 6.92 Å². The molecule has 2 aromatic carbocycles. The predicted molar refractivity (Wildman–Crippen MR) is 125 cm³/mol. The maximum Gasteiger partial charge on any atom is 0.416 e. The van der Waals surface area contributed by atoms with E-state index < -0.39 is 17.6 Å². The van der Waals surface area contributed by atoms with Gasteiger partial charge in [-0.15, -0.1) is 10.2 Å². The average molecular weight is 486 g/mol. The van der Waals surface area contributed by atoms with Crippen LogP contribution in [0.2, 0.25) is 0 Å². The van der Waals surface area contributed by atoms with Gasteiger partial charge in [0.1, 0.15) is 5.82 Å². The second kappa shape index (κ2) is 9.76. The molecular formula is C24H22F3N5OS. The molecule has 2 heterocycles. The second-order valence-corrected chi connectivity index (χ2v) is 8.71. The Labute approximate surface area is 198 Å². The van der Waals surface area contributed by atoms with Gasteiger partial charge >= 0.3 is 6.18 Å². The fourth-order valence-corrected chi connectivity index (χ4v) is 4.17. The highest BCUT2D eigenvalue weighted by molar-refractivity contribution is 7.99. The summed E-state index contributed by atoms with van der Waals surface area (Å²) in [6, 6.07) is 16.4. The molecule has 0 unspecified atom stereocenters. The number of hydrogen-bond acceptors (Lipinski definition) is 4. The highest BCUT2D eigenvalue weighted by atomic mass is 32.2. The molecule has 0 atom stereocenters. The van der Waals surface area contributed by atoms with Crippen molar-refractivity contribution in [2.75, 3.05) is 11.1 Å². The number of carbonyl (C=O) groups excluding carboxylic acids is 1.